The molecule has 2 aromatic rings. The van der Waals surface area contributed by atoms with E-state index in [-0.39, 0.29) is 0 Å². The molecule has 0 bridgehead atoms. The van der Waals surface area contributed by atoms with Crippen LogP contribution in [0, 0.1) is 0 Å². The van der Waals surface area contributed by atoms with Crippen LogP contribution >= 0.6 is 11.3 Å². The van der Waals surface area contributed by atoms with Gasteiger partial charge < -0.3 is 0 Å². The molecule has 0 spiro atoms. The van der Waals surface area contributed by atoms with Crippen LogP contribution in [0.5, 0.6) is 0 Å². The van der Waals surface area contributed by atoms with E-state index >= 15 is 0 Å². The Morgan fingerprint density at radius 1 is 1.00 bits per heavy atom. The summed E-state index contributed by atoms with van der Waals surface area (Å²) in [7, 11) is 0. The highest BCUT2D eigenvalue weighted by atomic mass is 32.1. The van der Waals surface area contributed by atoms with Gasteiger partial charge in [0.05, 0.1) is 9.88 Å². The average molecular weight is 285 g/mol. The Balaban J connectivity index is 0.000000461. The Labute approximate surface area is 126 Å². The maximum Gasteiger partial charge on any atom is 0.124 e. The molecule has 1 nitrogen and oxygen atoms in total. The third kappa shape index (κ3) is 4.17. The number of thiazole rings is 1. The van der Waals surface area contributed by atoms with Gasteiger partial charge in [-0.1, -0.05) is 76.3 Å². The smallest absolute Gasteiger partial charge is 0.124 e. The van der Waals surface area contributed by atoms with E-state index in [0.29, 0.717) is 0 Å². The SMILES string of the molecule is C1=CCC=c2nc(-c3ccccc3)sc2=C1.CC.CC. The summed E-state index contributed by atoms with van der Waals surface area (Å²) in [5.74, 6) is 0. The lowest BCUT2D eigenvalue weighted by molar-refractivity contribution is 1.29. The van der Waals surface area contributed by atoms with Gasteiger partial charge in [-0.15, -0.1) is 11.3 Å². The predicted octanol–water partition coefficient (Wildman–Crippen LogP) is 4.38. The van der Waals surface area contributed by atoms with E-state index in [9.17, 15) is 0 Å². The number of hydrogen-bond donors (Lipinski definition) is 0. The number of nitrogens with zero attached hydrogens (tertiary/aromatic N) is 1. The molecule has 0 N–H and O–H groups in total. The van der Waals surface area contributed by atoms with Crippen molar-refractivity contribution in [3.8, 4) is 10.6 Å². The van der Waals surface area contributed by atoms with Crippen molar-refractivity contribution < 1.29 is 0 Å². The Kier molecular flexibility index (Phi) is 7.59. The Hall–Kier alpha value is -1.67. The third-order valence-corrected chi connectivity index (χ3v) is 3.62. The van der Waals surface area contributed by atoms with Crippen molar-refractivity contribution in [2.75, 3.05) is 0 Å². The summed E-state index contributed by atoms with van der Waals surface area (Å²) in [4.78, 5) is 4.67. The Morgan fingerprint density at radius 3 is 2.40 bits per heavy atom. The second-order valence-electron chi connectivity index (χ2n) is 3.67. The van der Waals surface area contributed by atoms with Crippen LogP contribution in [0.2, 0.25) is 0 Å². The van der Waals surface area contributed by atoms with E-state index in [0.717, 1.165) is 16.8 Å². The van der Waals surface area contributed by atoms with Crippen LogP contribution in [0.15, 0.2) is 42.5 Å². The highest BCUT2D eigenvalue weighted by Gasteiger charge is 2.02. The van der Waals surface area contributed by atoms with Crippen LogP contribution in [0.1, 0.15) is 34.1 Å². The summed E-state index contributed by atoms with van der Waals surface area (Å²) in [5.41, 5.74) is 1.20. The highest BCUT2D eigenvalue weighted by molar-refractivity contribution is 7.13. The molecule has 0 aliphatic heterocycles. The topological polar surface area (TPSA) is 12.9 Å². The Bertz CT molecular complexity index is 636. The number of rotatable bonds is 1. The van der Waals surface area contributed by atoms with Crippen LogP contribution in [0.4, 0.5) is 0 Å². The number of hydrogen-bond acceptors (Lipinski definition) is 2. The van der Waals surface area contributed by atoms with Crippen molar-refractivity contribution in [1.29, 1.82) is 0 Å². The molecule has 1 heterocycles. The number of fused-ring (bicyclic) bond motifs is 1. The maximum absolute atomic E-state index is 4.67. The van der Waals surface area contributed by atoms with Crippen molar-refractivity contribution in [1.82, 2.24) is 4.98 Å². The zero-order valence-electron chi connectivity index (χ0n) is 12.8. The molecule has 20 heavy (non-hydrogen) atoms. The lowest BCUT2D eigenvalue weighted by Gasteiger charge is -1.92. The number of aromatic nitrogens is 1. The van der Waals surface area contributed by atoms with E-state index in [2.05, 4.69) is 53.6 Å². The first kappa shape index (κ1) is 16.4. The summed E-state index contributed by atoms with van der Waals surface area (Å²) in [5, 5.41) is 2.22. The van der Waals surface area contributed by atoms with Crippen LogP contribution in [0.3, 0.4) is 0 Å². The minimum absolute atomic E-state index is 0.974. The molecule has 3 rings (SSSR count). The average Bonchev–Trinajstić information content (AvgIpc) is 2.83. The van der Waals surface area contributed by atoms with Gasteiger partial charge in [-0.05, 0) is 12.5 Å². The molecule has 0 atom stereocenters. The molecule has 0 amide bonds. The monoisotopic (exact) mass is 285 g/mol. The van der Waals surface area contributed by atoms with Gasteiger partial charge in [0.2, 0.25) is 0 Å². The fourth-order valence-electron chi connectivity index (χ4n) is 1.73. The molecule has 0 saturated heterocycles. The van der Waals surface area contributed by atoms with Gasteiger partial charge in [0, 0.05) is 5.56 Å². The van der Waals surface area contributed by atoms with Crippen LogP contribution in [-0.4, -0.2) is 4.98 Å². The third-order valence-electron chi connectivity index (χ3n) is 2.53. The van der Waals surface area contributed by atoms with E-state index in [4.69, 9.17) is 0 Å². The van der Waals surface area contributed by atoms with Crippen LogP contribution < -0.4 is 9.88 Å². The fraction of sp³-hybridized carbons (Fsp3) is 0.278. The second kappa shape index (κ2) is 9.27. The second-order valence-corrected chi connectivity index (χ2v) is 4.70. The number of allylic oxidation sites excluding steroid dienone is 2. The standard InChI is InChI=1S/C14H11NS.2C2H6/c1-3-7-11(8-4-1)14-15-12-9-5-2-6-10-13(12)16-14;2*1-2/h1-4,6-10H,5H2;2*1-2H3. The summed E-state index contributed by atoms with van der Waals surface area (Å²) < 4.78 is 1.26. The quantitative estimate of drug-likeness (QED) is 0.757. The van der Waals surface area contributed by atoms with Crippen molar-refractivity contribution in [2.45, 2.75) is 34.1 Å². The normalized spacial score (nSPS) is 11.4. The van der Waals surface area contributed by atoms with Gasteiger partial charge in [-0.25, -0.2) is 4.98 Å². The van der Waals surface area contributed by atoms with Gasteiger partial charge in [-0.2, -0.15) is 0 Å². The molecule has 0 unspecified atom stereocenters. The van der Waals surface area contributed by atoms with Crippen LogP contribution in [-0.2, 0) is 0 Å². The molecule has 1 aliphatic carbocycles. The van der Waals surface area contributed by atoms with Gasteiger partial charge >= 0.3 is 0 Å². The fourth-order valence-corrected chi connectivity index (χ4v) is 2.71. The molecule has 0 fully saturated rings. The zero-order chi connectivity index (χ0) is 14.8. The molecule has 2 heteroatoms. The lowest BCUT2D eigenvalue weighted by atomic mass is 10.2. The molecule has 1 aromatic carbocycles. The summed E-state index contributed by atoms with van der Waals surface area (Å²) in [6.07, 6.45) is 9.55. The summed E-state index contributed by atoms with van der Waals surface area (Å²) in [6.45, 7) is 8.00. The molecule has 106 valence electrons. The first-order valence-electron chi connectivity index (χ1n) is 7.33. The van der Waals surface area contributed by atoms with Crippen molar-refractivity contribution in [3.05, 3.63) is 52.4 Å². The molecule has 1 aromatic heterocycles. The molecule has 1 aliphatic rings. The zero-order valence-corrected chi connectivity index (χ0v) is 13.6. The molecule has 0 radical (unpaired) electrons. The van der Waals surface area contributed by atoms with Crippen LogP contribution in [0.25, 0.3) is 22.7 Å². The minimum atomic E-state index is 0.974. The van der Waals surface area contributed by atoms with Crippen molar-refractivity contribution >= 4 is 23.5 Å². The van der Waals surface area contributed by atoms with E-state index in [1.54, 1.807) is 11.3 Å². The molecular weight excluding hydrogens is 262 g/mol. The van der Waals surface area contributed by atoms with E-state index in [1.165, 1.54) is 10.1 Å². The number of benzene rings is 1. The largest absolute Gasteiger partial charge is 0.236 e. The van der Waals surface area contributed by atoms with Crippen molar-refractivity contribution in [3.63, 3.8) is 0 Å². The van der Waals surface area contributed by atoms with E-state index in [1.807, 2.05) is 33.8 Å². The first-order valence-corrected chi connectivity index (χ1v) is 8.14. The van der Waals surface area contributed by atoms with Gasteiger partial charge in [0.15, 0.2) is 0 Å². The maximum atomic E-state index is 4.67. The predicted molar refractivity (Wildman–Crippen MR) is 92.2 cm³/mol. The van der Waals surface area contributed by atoms with Crippen molar-refractivity contribution in [2.24, 2.45) is 0 Å². The highest BCUT2D eigenvalue weighted by Crippen LogP contribution is 2.17. The van der Waals surface area contributed by atoms with Gasteiger partial charge in [-0.3, -0.25) is 0 Å². The molecule has 0 saturated carbocycles. The Morgan fingerprint density at radius 2 is 1.70 bits per heavy atom. The summed E-state index contributed by atoms with van der Waals surface area (Å²) >= 11 is 1.75. The first-order chi connectivity index (χ1) is 9.93. The van der Waals surface area contributed by atoms with Gasteiger partial charge in [0.25, 0.3) is 0 Å². The molecular formula is C18H23NS. The van der Waals surface area contributed by atoms with E-state index < -0.39 is 0 Å². The summed E-state index contributed by atoms with van der Waals surface area (Å²) in [6, 6.07) is 10.3. The minimum Gasteiger partial charge on any atom is -0.236 e. The lowest BCUT2D eigenvalue weighted by Crippen LogP contribution is -2.19. The van der Waals surface area contributed by atoms with Gasteiger partial charge in [0.1, 0.15) is 5.01 Å².